The van der Waals surface area contributed by atoms with Crippen molar-refractivity contribution in [3.63, 3.8) is 0 Å². The third-order valence-corrected chi connectivity index (χ3v) is 5.46. The Bertz CT molecular complexity index is 1010. The summed E-state index contributed by atoms with van der Waals surface area (Å²) in [5.74, 6) is 0.134. The summed E-state index contributed by atoms with van der Waals surface area (Å²) in [6, 6.07) is 15.9. The zero-order valence-corrected chi connectivity index (χ0v) is 16.9. The maximum Gasteiger partial charge on any atom is 0.271 e. The van der Waals surface area contributed by atoms with Crippen LogP contribution in [-0.2, 0) is 0 Å². The zero-order chi connectivity index (χ0) is 20.9. The molecule has 1 fully saturated rings. The Labute approximate surface area is 175 Å². The summed E-state index contributed by atoms with van der Waals surface area (Å²) in [4.78, 5) is 15.1. The molecule has 0 aliphatic carbocycles. The van der Waals surface area contributed by atoms with E-state index in [0.29, 0.717) is 12.2 Å². The Morgan fingerprint density at radius 1 is 1.13 bits per heavy atom. The first-order valence-electron chi connectivity index (χ1n) is 10.1. The third kappa shape index (κ3) is 4.21. The number of halogens is 1. The van der Waals surface area contributed by atoms with Gasteiger partial charge < -0.3 is 10.1 Å². The number of hydrogen-bond donors (Lipinski definition) is 1. The molecule has 2 heterocycles. The van der Waals surface area contributed by atoms with Gasteiger partial charge in [0.25, 0.3) is 5.91 Å². The number of benzene rings is 2. The summed E-state index contributed by atoms with van der Waals surface area (Å²) < 4.78 is 20.9. The van der Waals surface area contributed by atoms with E-state index in [2.05, 4.69) is 15.3 Å². The predicted octanol–water partition coefficient (Wildman–Crippen LogP) is 3.59. The maximum absolute atomic E-state index is 14.0. The molecule has 1 aliphatic heterocycles. The van der Waals surface area contributed by atoms with Crippen LogP contribution in [0, 0.1) is 5.82 Å². The Morgan fingerprint density at radius 3 is 2.63 bits per heavy atom. The molecule has 2 aromatic carbocycles. The fourth-order valence-electron chi connectivity index (χ4n) is 3.93. The van der Waals surface area contributed by atoms with Gasteiger partial charge in [-0.2, -0.15) is 5.10 Å². The van der Waals surface area contributed by atoms with Crippen molar-refractivity contribution in [1.82, 2.24) is 20.0 Å². The molecule has 1 atom stereocenters. The van der Waals surface area contributed by atoms with Crippen LogP contribution in [0.2, 0.25) is 0 Å². The minimum atomic E-state index is -0.391. The van der Waals surface area contributed by atoms with Gasteiger partial charge in [-0.15, -0.1) is 0 Å². The van der Waals surface area contributed by atoms with Crippen molar-refractivity contribution in [2.45, 2.75) is 18.9 Å². The largest absolute Gasteiger partial charge is 0.496 e. The van der Waals surface area contributed by atoms with Crippen LogP contribution in [-0.4, -0.2) is 47.3 Å². The molecular formula is C23H25FN4O2. The molecule has 4 rings (SSSR count). The minimum Gasteiger partial charge on any atom is -0.496 e. The van der Waals surface area contributed by atoms with Gasteiger partial charge in [0, 0.05) is 18.3 Å². The van der Waals surface area contributed by atoms with E-state index in [0.717, 1.165) is 37.2 Å². The number of amides is 1. The number of para-hydroxylation sites is 2. The number of rotatable bonds is 7. The molecular weight excluding hydrogens is 383 g/mol. The van der Waals surface area contributed by atoms with E-state index in [1.54, 1.807) is 37.6 Å². The lowest BCUT2D eigenvalue weighted by atomic mass is 10.0. The SMILES string of the molecule is COc1ccccc1C(CNC(=O)c1ccn(-c2ccccc2F)n1)N1CCCC1. The van der Waals surface area contributed by atoms with Gasteiger partial charge in [-0.3, -0.25) is 9.69 Å². The first kappa shape index (κ1) is 20.1. The lowest BCUT2D eigenvalue weighted by molar-refractivity contribution is 0.0932. The van der Waals surface area contributed by atoms with Crippen LogP contribution in [0.25, 0.3) is 5.69 Å². The van der Waals surface area contributed by atoms with E-state index in [-0.39, 0.29) is 17.6 Å². The molecule has 7 heteroatoms. The standard InChI is InChI=1S/C23H25FN4O2/c1-30-22-11-5-2-8-17(22)21(27-13-6-7-14-27)16-25-23(29)19-12-15-28(26-19)20-10-4-3-9-18(20)24/h2-5,8-12,15,21H,6-7,13-14,16H2,1H3,(H,25,29). The molecule has 0 radical (unpaired) electrons. The average molecular weight is 408 g/mol. The molecule has 156 valence electrons. The highest BCUT2D eigenvalue weighted by Gasteiger charge is 2.26. The molecule has 1 aliphatic rings. The zero-order valence-electron chi connectivity index (χ0n) is 16.9. The van der Waals surface area contributed by atoms with E-state index in [4.69, 9.17) is 4.74 Å². The summed E-state index contributed by atoms with van der Waals surface area (Å²) in [5, 5.41) is 7.25. The van der Waals surface area contributed by atoms with Crippen molar-refractivity contribution in [2.75, 3.05) is 26.7 Å². The molecule has 0 saturated carbocycles. The molecule has 0 bridgehead atoms. The van der Waals surface area contributed by atoms with Crippen molar-refractivity contribution in [1.29, 1.82) is 0 Å². The molecule has 1 unspecified atom stereocenters. The first-order valence-corrected chi connectivity index (χ1v) is 10.1. The molecule has 3 aromatic rings. The van der Waals surface area contributed by atoms with Crippen LogP contribution in [0.15, 0.2) is 60.8 Å². The van der Waals surface area contributed by atoms with Crippen molar-refractivity contribution < 1.29 is 13.9 Å². The Morgan fingerprint density at radius 2 is 1.87 bits per heavy atom. The normalized spacial score (nSPS) is 15.1. The third-order valence-electron chi connectivity index (χ3n) is 5.46. The second-order valence-electron chi connectivity index (χ2n) is 7.31. The molecule has 1 saturated heterocycles. The summed E-state index contributed by atoms with van der Waals surface area (Å²) in [6.07, 6.45) is 3.88. The quantitative estimate of drug-likeness (QED) is 0.649. The van der Waals surface area contributed by atoms with Gasteiger partial charge in [-0.25, -0.2) is 9.07 Å². The molecule has 0 spiro atoms. The van der Waals surface area contributed by atoms with Gasteiger partial charge in [0.2, 0.25) is 0 Å². The number of likely N-dealkylation sites (tertiary alicyclic amines) is 1. The topological polar surface area (TPSA) is 59.4 Å². The fraction of sp³-hybridized carbons (Fsp3) is 0.304. The summed E-state index contributed by atoms with van der Waals surface area (Å²) >= 11 is 0. The molecule has 1 amide bonds. The van der Waals surface area contributed by atoms with E-state index in [9.17, 15) is 9.18 Å². The predicted molar refractivity (Wildman–Crippen MR) is 112 cm³/mol. The number of nitrogens with one attached hydrogen (secondary N) is 1. The second-order valence-corrected chi connectivity index (χ2v) is 7.31. The summed E-state index contributed by atoms with van der Waals surface area (Å²) in [7, 11) is 1.66. The fourth-order valence-corrected chi connectivity index (χ4v) is 3.93. The molecule has 1 N–H and O–H groups in total. The summed E-state index contributed by atoms with van der Waals surface area (Å²) in [6.45, 7) is 2.41. The maximum atomic E-state index is 14.0. The van der Waals surface area contributed by atoms with Gasteiger partial charge in [0.15, 0.2) is 5.69 Å². The van der Waals surface area contributed by atoms with Crippen LogP contribution >= 0.6 is 0 Å². The number of carbonyl (C=O) groups excluding carboxylic acids is 1. The number of nitrogens with zero attached hydrogens (tertiary/aromatic N) is 3. The minimum absolute atomic E-state index is 0.0150. The Hall–Kier alpha value is -3.19. The molecule has 6 nitrogen and oxygen atoms in total. The van der Waals surface area contributed by atoms with Crippen LogP contribution in [0.3, 0.4) is 0 Å². The van der Waals surface area contributed by atoms with Gasteiger partial charge >= 0.3 is 0 Å². The van der Waals surface area contributed by atoms with Crippen molar-refractivity contribution in [3.8, 4) is 11.4 Å². The van der Waals surface area contributed by atoms with Gasteiger partial charge in [-0.1, -0.05) is 30.3 Å². The summed E-state index contributed by atoms with van der Waals surface area (Å²) in [5.41, 5.74) is 1.61. The van der Waals surface area contributed by atoms with Crippen LogP contribution in [0.5, 0.6) is 5.75 Å². The number of ether oxygens (including phenoxy) is 1. The van der Waals surface area contributed by atoms with Gasteiger partial charge in [-0.05, 0) is 50.2 Å². The Balaban J connectivity index is 1.50. The van der Waals surface area contributed by atoms with E-state index in [1.807, 2.05) is 24.3 Å². The average Bonchev–Trinajstić information content (AvgIpc) is 3.47. The van der Waals surface area contributed by atoms with E-state index >= 15 is 0 Å². The highest BCUT2D eigenvalue weighted by molar-refractivity contribution is 5.92. The smallest absolute Gasteiger partial charge is 0.271 e. The van der Waals surface area contributed by atoms with Crippen LogP contribution in [0.4, 0.5) is 4.39 Å². The van der Waals surface area contributed by atoms with Crippen LogP contribution < -0.4 is 10.1 Å². The number of methoxy groups -OCH3 is 1. The second kappa shape index (κ2) is 9.09. The number of carbonyl (C=O) groups is 1. The first-order chi connectivity index (χ1) is 14.7. The number of hydrogen-bond acceptors (Lipinski definition) is 4. The van der Waals surface area contributed by atoms with Crippen molar-refractivity contribution in [3.05, 3.63) is 77.9 Å². The van der Waals surface area contributed by atoms with Crippen molar-refractivity contribution in [2.24, 2.45) is 0 Å². The molecule has 30 heavy (non-hydrogen) atoms. The lowest BCUT2D eigenvalue weighted by Gasteiger charge is -2.29. The van der Waals surface area contributed by atoms with Crippen molar-refractivity contribution >= 4 is 5.91 Å². The lowest BCUT2D eigenvalue weighted by Crippen LogP contribution is -2.37. The van der Waals surface area contributed by atoms with Gasteiger partial charge in [0.1, 0.15) is 17.3 Å². The van der Waals surface area contributed by atoms with Gasteiger partial charge in [0.05, 0.1) is 13.2 Å². The highest BCUT2D eigenvalue weighted by atomic mass is 19.1. The number of aromatic nitrogens is 2. The molecule has 1 aromatic heterocycles. The van der Waals surface area contributed by atoms with Crippen LogP contribution in [0.1, 0.15) is 34.9 Å². The highest BCUT2D eigenvalue weighted by Crippen LogP contribution is 2.31. The van der Waals surface area contributed by atoms with E-state index in [1.165, 1.54) is 10.7 Å². The van der Waals surface area contributed by atoms with E-state index < -0.39 is 5.82 Å². The Kier molecular flexibility index (Phi) is 6.09. The monoisotopic (exact) mass is 408 g/mol.